The van der Waals surface area contributed by atoms with Gasteiger partial charge in [0.15, 0.2) is 10.6 Å². The van der Waals surface area contributed by atoms with Crippen molar-refractivity contribution in [2.24, 2.45) is 7.05 Å². The van der Waals surface area contributed by atoms with Crippen LogP contribution in [0.4, 0.5) is 0 Å². The van der Waals surface area contributed by atoms with Crippen LogP contribution in [0.25, 0.3) is 10.8 Å². The highest BCUT2D eigenvalue weighted by Gasteiger charge is 2.07. The summed E-state index contributed by atoms with van der Waals surface area (Å²) in [5.74, 6) is 0.662. The second-order valence-corrected chi connectivity index (χ2v) is 4.59. The lowest BCUT2D eigenvalue weighted by Gasteiger charge is -2.05. The van der Waals surface area contributed by atoms with Crippen LogP contribution in [-0.4, -0.2) is 24.5 Å². The number of nitrogens with one attached hydrogen (secondary N) is 1. The molecule has 96 valence electrons. The molecule has 7 heteroatoms. The van der Waals surface area contributed by atoms with Crippen LogP contribution in [0.3, 0.4) is 0 Å². The fourth-order valence-corrected chi connectivity index (χ4v) is 2.05. The quantitative estimate of drug-likeness (QED) is 0.713. The first kappa shape index (κ1) is 11.8. The summed E-state index contributed by atoms with van der Waals surface area (Å²) in [7, 11) is 1.80. The molecule has 6 nitrogen and oxygen atoms in total. The monoisotopic (exact) mass is 273 g/mol. The van der Waals surface area contributed by atoms with Crippen LogP contribution >= 0.6 is 12.2 Å². The Hall–Kier alpha value is -2.28. The first-order valence-electron chi connectivity index (χ1n) is 5.72. The molecule has 3 rings (SSSR count). The van der Waals surface area contributed by atoms with Gasteiger partial charge in [0.1, 0.15) is 6.54 Å². The second-order valence-electron chi connectivity index (χ2n) is 4.20. The van der Waals surface area contributed by atoms with Crippen molar-refractivity contribution in [1.82, 2.24) is 24.5 Å². The van der Waals surface area contributed by atoms with Crippen molar-refractivity contribution in [3.63, 3.8) is 0 Å². The highest BCUT2D eigenvalue weighted by Crippen LogP contribution is 2.07. The van der Waals surface area contributed by atoms with E-state index >= 15 is 0 Å². The third-order valence-corrected chi connectivity index (χ3v) is 3.39. The van der Waals surface area contributed by atoms with E-state index < -0.39 is 0 Å². The highest BCUT2D eigenvalue weighted by molar-refractivity contribution is 7.71. The van der Waals surface area contributed by atoms with E-state index in [0.29, 0.717) is 16.0 Å². The zero-order valence-electron chi connectivity index (χ0n) is 10.2. The molecule has 0 unspecified atom stereocenters. The first-order chi connectivity index (χ1) is 9.16. The van der Waals surface area contributed by atoms with Crippen molar-refractivity contribution in [3.05, 3.63) is 51.4 Å². The summed E-state index contributed by atoms with van der Waals surface area (Å²) in [4.78, 5) is 12.3. The standard InChI is InChI=1S/C12H11N5OS/c1-16-10(14-15-12(16)19)7-17-11(18)9-5-3-2-4-8(9)6-13-17/h2-6H,7H2,1H3,(H,15,19). The van der Waals surface area contributed by atoms with E-state index in [0.717, 1.165) is 5.39 Å². The van der Waals surface area contributed by atoms with Gasteiger partial charge in [0.2, 0.25) is 0 Å². The molecule has 0 fully saturated rings. The summed E-state index contributed by atoms with van der Waals surface area (Å²) in [6.45, 7) is 0.285. The van der Waals surface area contributed by atoms with Gasteiger partial charge in [-0.25, -0.2) is 4.68 Å². The molecular formula is C12H11N5OS. The van der Waals surface area contributed by atoms with Crippen LogP contribution < -0.4 is 5.56 Å². The molecular weight excluding hydrogens is 262 g/mol. The molecule has 1 N–H and O–H groups in total. The van der Waals surface area contributed by atoms with E-state index in [-0.39, 0.29) is 12.1 Å². The Morgan fingerprint density at radius 3 is 2.89 bits per heavy atom. The van der Waals surface area contributed by atoms with Gasteiger partial charge in [0, 0.05) is 12.4 Å². The van der Waals surface area contributed by atoms with Gasteiger partial charge in [0.05, 0.1) is 11.6 Å². The van der Waals surface area contributed by atoms with Gasteiger partial charge in [-0.1, -0.05) is 18.2 Å². The maximum atomic E-state index is 12.3. The normalized spacial score (nSPS) is 11.0. The topological polar surface area (TPSA) is 68.5 Å². The lowest BCUT2D eigenvalue weighted by atomic mass is 10.2. The number of aromatic amines is 1. The van der Waals surface area contributed by atoms with E-state index in [1.165, 1.54) is 4.68 Å². The number of rotatable bonds is 2. The van der Waals surface area contributed by atoms with Gasteiger partial charge < -0.3 is 4.57 Å². The lowest BCUT2D eigenvalue weighted by molar-refractivity contribution is 0.601. The average Bonchev–Trinajstić information content (AvgIpc) is 2.74. The molecule has 0 amide bonds. The molecule has 0 bridgehead atoms. The maximum absolute atomic E-state index is 12.3. The molecule has 0 atom stereocenters. The summed E-state index contributed by atoms with van der Waals surface area (Å²) in [6.07, 6.45) is 1.68. The number of nitrogens with zero attached hydrogens (tertiary/aromatic N) is 4. The van der Waals surface area contributed by atoms with Gasteiger partial charge in [0.25, 0.3) is 5.56 Å². The van der Waals surface area contributed by atoms with Crippen LogP contribution in [0.15, 0.2) is 35.3 Å². The molecule has 2 heterocycles. The lowest BCUT2D eigenvalue weighted by Crippen LogP contribution is -2.24. The predicted molar refractivity (Wildman–Crippen MR) is 73.5 cm³/mol. The Labute approximate surface area is 113 Å². The Morgan fingerprint density at radius 1 is 1.37 bits per heavy atom. The largest absolute Gasteiger partial charge is 0.306 e. The Balaban J connectivity index is 2.11. The summed E-state index contributed by atoms with van der Waals surface area (Å²) < 4.78 is 3.62. The van der Waals surface area contributed by atoms with Crippen molar-refractivity contribution >= 4 is 23.0 Å². The van der Waals surface area contributed by atoms with Gasteiger partial charge in [-0.3, -0.25) is 9.89 Å². The zero-order valence-corrected chi connectivity index (χ0v) is 11.0. The van der Waals surface area contributed by atoms with Crippen molar-refractivity contribution in [3.8, 4) is 0 Å². The Morgan fingerprint density at radius 2 is 2.16 bits per heavy atom. The molecule has 0 aliphatic heterocycles. The fourth-order valence-electron chi connectivity index (χ4n) is 1.90. The van der Waals surface area contributed by atoms with E-state index in [1.807, 2.05) is 18.2 Å². The minimum Gasteiger partial charge on any atom is -0.306 e. The number of aromatic nitrogens is 5. The van der Waals surface area contributed by atoms with Crippen molar-refractivity contribution < 1.29 is 0 Å². The Kier molecular flexibility index (Phi) is 2.75. The number of benzene rings is 1. The second kappa shape index (κ2) is 4.43. The van der Waals surface area contributed by atoms with E-state index in [1.54, 1.807) is 23.9 Å². The molecule has 0 saturated heterocycles. The molecule has 0 spiro atoms. The van der Waals surface area contributed by atoms with Crippen LogP contribution in [0.1, 0.15) is 5.82 Å². The third kappa shape index (κ3) is 1.97. The molecule has 19 heavy (non-hydrogen) atoms. The van der Waals surface area contributed by atoms with Gasteiger partial charge in [-0.2, -0.15) is 10.2 Å². The van der Waals surface area contributed by atoms with Crippen LogP contribution in [0.5, 0.6) is 0 Å². The van der Waals surface area contributed by atoms with Crippen molar-refractivity contribution in [2.75, 3.05) is 0 Å². The van der Waals surface area contributed by atoms with Crippen LogP contribution in [0.2, 0.25) is 0 Å². The minimum atomic E-state index is -0.132. The van der Waals surface area contributed by atoms with Gasteiger partial charge >= 0.3 is 0 Å². The Bertz CT molecular complexity index is 860. The maximum Gasteiger partial charge on any atom is 0.275 e. The van der Waals surface area contributed by atoms with Crippen LogP contribution in [-0.2, 0) is 13.6 Å². The number of hydrogen-bond acceptors (Lipinski definition) is 4. The van der Waals surface area contributed by atoms with Crippen molar-refractivity contribution in [2.45, 2.75) is 6.54 Å². The minimum absolute atomic E-state index is 0.132. The van der Waals surface area contributed by atoms with E-state index in [9.17, 15) is 4.79 Å². The number of H-pyrrole nitrogens is 1. The summed E-state index contributed by atoms with van der Waals surface area (Å²) >= 11 is 5.04. The number of fused-ring (bicyclic) bond motifs is 1. The molecule has 0 saturated carbocycles. The zero-order chi connectivity index (χ0) is 13.4. The first-order valence-corrected chi connectivity index (χ1v) is 6.13. The van der Waals surface area contributed by atoms with Crippen LogP contribution in [0, 0.1) is 4.77 Å². The SMILES string of the molecule is Cn1c(Cn2ncc3ccccc3c2=O)n[nH]c1=S. The number of hydrogen-bond donors (Lipinski definition) is 1. The fraction of sp³-hybridized carbons (Fsp3) is 0.167. The molecule has 1 aromatic carbocycles. The molecule has 0 aliphatic carbocycles. The van der Waals surface area contributed by atoms with Gasteiger partial charge in [-0.15, -0.1) is 0 Å². The predicted octanol–water partition coefficient (Wildman–Crippen LogP) is 1.24. The molecule has 2 aromatic heterocycles. The average molecular weight is 273 g/mol. The third-order valence-electron chi connectivity index (χ3n) is 3.03. The summed E-state index contributed by atoms with van der Waals surface area (Å²) in [5, 5.41) is 12.4. The van der Waals surface area contributed by atoms with E-state index in [4.69, 9.17) is 12.2 Å². The van der Waals surface area contributed by atoms with Crippen molar-refractivity contribution in [1.29, 1.82) is 0 Å². The molecule has 3 aromatic rings. The molecule has 0 radical (unpaired) electrons. The summed E-state index contributed by atoms with van der Waals surface area (Å²) in [5.41, 5.74) is -0.132. The molecule has 0 aliphatic rings. The summed E-state index contributed by atoms with van der Waals surface area (Å²) in [6, 6.07) is 7.37. The van der Waals surface area contributed by atoms with E-state index in [2.05, 4.69) is 15.3 Å². The smallest absolute Gasteiger partial charge is 0.275 e. The van der Waals surface area contributed by atoms with Gasteiger partial charge in [-0.05, 0) is 18.3 Å². The highest BCUT2D eigenvalue weighted by atomic mass is 32.1.